The Labute approximate surface area is 227 Å². The number of nitrogens with one attached hydrogen (secondary N) is 2. The molecule has 10 heteroatoms. The van der Waals surface area contributed by atoms with E-state index in [2.05, 4.69) is 50.1 Å². The van der Waals surface area contributed by atoms with Crippen LogP contribution in [0.1, 0.15) is 27.7 Å². The third kappa shape index (κ3) is 15.4. The molecule has 1 aromatic rings. The number of nitrogens with two attached hydrogens (primary N) is 2. The van der Waals surface area contributed by atoms with E-state index in [0.29, 0.717) is 24.4 Å². The second-order valence-corrected chi connectivity index (χ2v) is 8.14. The van der Waals surface area contributed by atoms with Crippen molar-refractivity contribution in [2.75, 3.05) is 56.0 Å². The molecule has 0 unspecified atom stereocenters. The number of piperazine rings is 1. The number of anilines is 2. The van der Waals surface area contributed by atoms with Crippen LogP contribution in [-0.2, 0) is 9.53 Å². The van der Waals surface area contributed by atoms with Crippen LogP contribution in [0.2, 0.25) is 0 Å². The maximum atomic E-state index is 14.6. The van der Waals surface area contributed by atoms with Gasteiger partial charge in [0.15, 0.2) is 0 Å². The Morgan fingerprint density at radius 1 is 1.29 bits per heavy atom. The van der Waals surface area contributed by atoms with E-state index in [4.69, 9.17) is 10.5 Å². The Balaban J connectivity index is 0.00000116. The molecule has 1 saturated heterocycles. The van der Waals surface area contributed by atoms with E-state index >= 15 is 0 Å². The first-order chi connectivity index (χ1) is 18.4. The number of benzene rings is 1. The molecule has 1 aliphatic heterocycles. The quantitative estimate of drug-likeness (QED) is 0.106. The fourth-order valence-electron chi connectivity index (χ4n) is 3.30. The summed E-state index contributed by atoms with van der Waals surface area (Å²) in [6.07, 6.45) is 12.4. The highest BCUT2D eigenvalue weighted by molar-refractivity contribution is 5.56. The Bertz CT molecular complexity index is 891. The van der Waals surface area contributed by atoms with Gasteiger partial charge in [-0.2, -0.15) is 5.10 Å². The summed E-state index contributed by atoms with van der Waals surface area (Å²) >= 11 is 0. The van der Waals surface area contributed by atoms with Crippen LogP contribution in [0.3, 0.4) is 0 Å². The molecule has 1 fully saturated rings. The molecule has 0 radical (unpaired) electrons. The number of hydrogen-bond acceptors (Lipinski definition) is 9. The fraction of sp³-hybridized carbons (Fsp3) is 0.429. The van der Waals surface area contributed by atoms with Crippen LogP contribution in [0.4, 0.5) is 15.8 Å². The van der Waals surface area contributed by atoms with Gasteiger partial charge < -0.3 is 31.8 Å². The molecule has 1 heterocycles. The summed E-state index contributed by atoms with van der Waals surface area (Å²) < 4.78 is 19.4. The van der Waals surface area contributed by atoms with Crippen LogP contribution >= 0.6 is 0 Å². The van der Waals surface area contributed by atoms with Gasteiger partial charge in [0.2, 0.25) is 0 Å². The molecule has 1 atom stereocenters. The highest BCUT2D eigenvalue weighted by Crippen LogP contribution is 2.24. The van der Waals surface area contributed by atoms with E-state index in [1.54, 1.807) is 26.1 Å². The van der Waals surface area contributed by atoms with Gasteiger partial charge in [0.05, 0.1) is 12.2 Å². The maximum absolute atomic E-state index is 14.6. The van der Waals surface area contributed by atoms with E-state index in [-0.39, 0.29) is 11.9 Å². The number of nitrogens with zero attached hydrogens (tertiary/aromatic N) is 3. The zero-order valence-electron chi connectivity index (χ0n) is 23.3. The lowest BCUT2D eigenvalue weighted by Crippen LogP contribution is -2.47. The van der Waals surface area contributed by atoms with E-state index < -0.39 is 0 Å². The Morgan fingerprint density at radius 2 is 1.97 bits per heavy atom. The Hall–Kier alpha value is -3.79. The van der Waals surface area contributed by atoms with Gasteiger partial charge in [-0.3, -0.25) is 9.69 Å². The molecular weight excluding hydrogens is 485 g/mol. The predicted octanol–water partition coefficient (Wildman–Crippen LogP) is 3.59. The molecule has 0 saturated carbocycles. The molecule has 0 bridgehead atoms. The zero-order chi connectivity index (χ0) is 28.6. The number of halogens is 1. The molecule has 212 valence electrons. The Morgan fingerprint density at radius 3 is 2.45 bits per heavy atom. The third-order valence-corrected chi connectivity index (χ3v) is 5.33. The average Bonchev–Trinajstić information content (AvgIpc) is 2.94. The van der Waals surface area contributed by atoms with Crippen LogP contribution in [-0.4, -0.2) is 69.5 Å². The lowest BCUT2D eigenvalue weighted by molar-refractivity contribution is -0.132. The van der Waals surface area contributed by atoms with Gasteiger partial charge in [0.1, 0.15) is 11.9 Å². The number of hydrazone groups is 1. The average molecular weight is 532 g/mol. The van der Waals surface area contributed by atoms with Gasteiger partial charge >= 0.3 is 0 Å². The minimum Gasteiger partial charge on any atom is -0.463 e. The van der Waals surface area contributed by atoms with Crippen LogP contribution in [0.5, 0.6) is 0 Å². The van der Waals surface area contributed by atoms with Crippen LogP contribution in [0, 0.1) is 5.82 Å². The molecular formula is C28H46FN7O2. The number of carbonyl (C=O) groups excluding carboxylic acids is 1. The summed E-state index contributed by atoms with van der Waals surface area (Å²) in [6, 6.07) is 5.16. The largest absolute Gasteiger partial charge is 0.463 e. The van der Waals surface area contributed by atoms with Gasteiger partial charge in [0, 0.05) is 63.6 Å². The van der Waals surface area contributed by atoms with Crippen molar-refractivity contribution in [3.63, 3.8) is 0 Å². The summed E-state index contributed by atoms with van der Waals surface area (Å²) in [4.78, 5) is 14.8. The summed E-state index contributed by atoms with van der Waals surface area (Å²) in [7, 11) is 0. The third-order valence-electron chi connectivity index (χ3n) is 5.33. The highest BCUT2D eigenvalue weighted by Gasteiger charge is 2.20. The van der Waals surface area contributed by atoms with Gasteiger partial charge in [-0.25, -0.2) is 4.39 Å². The van der Waals surface area contributed by atoms with E-state index in [9.17, 15) is 9.18 Å². The number of carbonyl (C=O) groups is 1. The van der Waals surface area contributed by atoms with Crippen molar-refractivity contribution in [1.82, 2.24) is 10.2 Å². The monoisotopic (exact) mass is 531 g/mol. The van der Waals surface area contributed by atoms with E-state index in [1.165, 1.54) is 24.1 Å². The molecule has 1 aliphatic rings. The summed E-state index contributed by atoms with van der Waals surface area (Å²) in [5.74, 6) is 4.35. The van der Waals surface area contributed by atoms with Gasteiger partial charge in [0.25, 0.3) is 6.47 Å². The zero-order valence-corrected chi connectivity index (χ0v) is 23.3. The molecule has 0 aliphatic carbocycles. The van der Waals surface area contributed by atoms with Crippen molar-refractivity contribution in [2.45, 2.75) is 33.8 Å². The minimum absolute atomic E-state index is 0.245. The van der Waals surface area contributed by atoms with Crippen LogP contribution in [0.15, 0.2) is 72.2 Å². The predicted molar refractivity (Wildman–Crippen MR) is 159 cm³/mol. The van der Waals surface area contributed by atoms with Crippen molar-refractivity contribution < 1.29 is 13.9 Å². The molecule has 2 rings (SSSR count). The lowest BCUT2D eigenvalue weighted by Gasteiger charge is -2.36. The number of allylic oxidation sites excluding steroid dienone is 3. The molecule has 0 aromatic heterocycles. The van der Waals surface area contributed by atoms with Crippen molar-refractivity contribution >= 4 is 24.1 Å². The smallest absolute Gasteiger partial charge is 0.293 e. The molecule has 38 heavy (non-hydrogen) atoms. The van der Waals surface area contributed by atoms with Crippen LogP contribution in [0.25, 0.3) is 0 Å². The summed E-state index contributed by atoms with van der Waals surface area (Å²) in [6.45, 7) is 17.3. The number of ether oxygens (including phenoxy) is 1. The number of hydrogen-bond donors (Lipinski definition) is 4. The summed E-state index contributed by atoms with van der Waals surface area (Å²) in [5, 5.41) is 9.09. The fourth-order valence-corrected chi connectivity index (χ4v) is 3.30. The van der Waals surface area contributed by atoms with Crippen molar-refractivity contribution in [3.8, 4) is 0 Å². The standard InChI is InChI=1S/C22H30FN3O2.C4H10N2.C2H6N2/c1-4-6-7-19(5-2)16-25-10-12-26(13-11-25)22-9-8-20(14-21(22)23)24-15-18(3)28-17-27;1-2-6-4-3-5;1-2-4-3/h4-9,14,17-18,24H,1,10-13,15-16H2,2-3H3;3-4,6H,2,5H2,1H3;2H,3H2,1H3/b7-6-,19-5?;4-3-;4-2+/t18-;;/m0../s1. The topological polar surface area (TPSA) is 121 Å². The minimum atomic E-state index is -0.267. The van der Waals surface area contributed by atoms with Crippen molar-refractivity contribution in [1.29, 1.82) is 0 Å². The van der Waals surface area contributed by atoms with Gasteiger partial charge in [-0.05, 0) is 51.5 Å². The highest BCUT2D eigenvalue weighted by atomic mass is 19.1. The first-order valence-electron chi connectivity index (χ1n) is 12.7. The SMILES string of the molecule is C/C=N/N.C=C/C=C\C(=CC)CN1CCN(c2ccc(NC[C@H](C)OC=O)cc2F)CC1.CCN/C=C\N. The normalized spacial score (nSPS) is 14.9. The molecule has 1 aromatic carbocycles. The summed E-state index contributed by atoms with van der Waals surface area (Å²) in [5.41, 5.74) is 7.52. The number of rotatable bonds is 12. The molecule has 6 N–H and O–H groups in total. The molecule has 0 spiro atoms. The van der Waals surface area contributed by atoms with E-state index in [1.807, 2.05) is 32.1 Å². The van der Waals surface area contributed by atoms with E-state index in [0.717, 1.165) is 39.3 Å². The molecule has 9 nitrogen and oxygen atoms in total. The molecule has 0 amide bonds. The van der Waals surface area contributed by atoms with Crippen molar-refractivity contribution in [3.05, 3.63) is 72.9 Å². The van der Waals surface area contributed by atoms with Crippen molar-refractivity contribution in [2.24, 2.45) is 16.7 Å². The Kier molecular flexibility index (Phi) is 20.2. The first-order valence-corrected chi connectivity index (χ1v) is 12.7. The second-order valence-electron chi connectivity index (χ2n) is 8.14. The maximum Gasteiger partial charge on any atom is 0.293 e. The van der Waals surface area contributed by atoms with Gasteiger partial charge in [-0.1, -0.05) is 30.9 Å². The lowest BCUT2D eigenvalue weighted by atomic mass is 10.1. The van der Waals surface area contributed by atoms with Crippen LogP contribution < -0.4 is 27.1 Å². The van der Waals surface area contributed by atoms with Gasteiger partial charge in [-0.15, -0.1) is 0 Å². The first kappa shape index (κ1) is 34.2. The second kappa shape index (κ2) is 22.4.